The molecule has 0 unspecified atom stereocenters. The molecule has 20 heavy (non-hydrogen) atoms. The number of aromatic nitrogens is 2. The van der Waals surface area contributed by atoms with Gasteiger partial charge < -0.3 is 9.63 Å². The number of aliphatic hydroxyl groups excluding tert-OH is 1. The maximum atomic E-state index is 12.3. The normalized spacial score (nSPS) is 11.8. The van der Waals surface area contributed by atoms with Crippen molar-refractivity contribution in [2.45, 2.75) is 31.9 Å². The third-order valence-corrected chi connectivity index (χ3v) is 4.51. The van der Waals surface area contributed by atoms with Crippen molar-refractivity contribution in [3.63, 3.8) is 0 Å². The number of hydrogen-bond donors (Lipinski definition) is 2. The lowest BCUT2D eigenvalue weighted by Crippen LogP contribution is -2.25. The highest BCUT2D eigenvalue weighted by Crippen LogP contribution is 2.21. The standard InChI is InChI=1S/C12H15N3O4S/c1-8-3-10(6-16)4-11(9(8)2)20(17,18)14-5-12-13-7-19-15-12/h3-4,7,14,16H,5-6H2,1-2H3. The lowest BCUT2D eigenvalue weighted by Gasteiger charge is -2.12. The molecule has 0 saturated heterocycles. The highest BCUT2D eigenvalue weighted by Gasteiger charge is 2.19. The highest BCUT2D eigenvalue weighted by molar-refractivity contribution is 7.89. The molecule has 2 aromatic rings. The molecule has 0 aliphatic heterocycles. The van der Waals surface area contributed by atoms with Crippen LogP contribution in [0.2, 0.25) is 0 Å². The molecule has 0 aliphatic carbocycles. The molecule has 0 saturated carbocycles. The minimum Gasteiger partial charge on any atom is -0.392 e. The van der Waals surface area contributed by atoms with Gasteiger partial charge in [0.05, 0.1) is 18.0 Å². The summed E-state index contributed by atoms with van der Waals surface area (Å²) in [6, 6.07) is 3.22. The zero-order chi connectivity index (χ0) is 14.8. The van der Waals surface area contributed by atoms with E-state index >= 15 is 0 Å². The Morgan fingerprint density at radius 2 is 2.10 bits per heavy atom. The maximum absolute atomic E-state index is 12.3. The highest BCUT2D eigenvalue weighted by atomic mass is 32.2. The van der Waals surface area contributed by atoms with Crippen LogP contribution >= 0.6 is 0 Å². The van der Waals surface area contributed by atoms with Gasteiger partial charge in [-0.3, -0.25) is 0 Å². The maximum Gasteiger partial charge on any atom is 0.241 e. The molecule has 0 spiro atoms. The molecule has 0 amide bonds. The van der Waals surface area contributed by atoms with Crippen LogP contribution in [0.1, 0.15) is 22.5 Å². The van der Waals surface area contributed by atoms with Gasteiger partial charge in [0, 0.05) is 0 Å². The Morgan fingerprint density at radius 1 is 1.35 bits per heavy atom. The molecule has 8 heteroatoms. The molecule has 0 aliphatic rings. The van der Waals surface area contributed by atoms with Crippen molar-refractivity contribution < 1.29 is 18.0 Å². The molecule has 0 fully saturated rings. The molecule has 108 valence electrons. The fourth-order valence-corrected chi connectivity index (χ4v) is 3.12. The molecule has 0 atom stereocenters. The smallest absolute Gasteiger partial charge is 0.241 e. The fraction of sp³-hybridized carbons (Fsp3) is 0.333. The summed E-state index contributed by atoms with van der Waals surface area (Å²) in [5.74, 6) is 0.251. The van der Waals surface area contributed by atoms with E-state index in [9.17, 15) is 13.5 Å². The Morgan fingerprint density at radius 3 is 2.70 bits per heavy atom. The fourth-order valence-electron chi connectivity index (χ4n) is 1.78. The minimum absolute atomic E-state index is 0.0549. The summed E-state index contributed by atoms with van der Waals surface area (Å²) in [6.07, 6.45) is 1.13. The van der Waals surface area contributed by atoms with Crippen molar-refractivity contribution in [1.29, 1.82) is 0 Å². The Balaban J connectivity index is 2.31. The summed E-state index contributed by atoms with van der Waals surface area (Å²) in [4.78, 5) is 3.89. The number of sulfonamides is 1. The predicted octanol–water partition coefficient (Wildman–Crippen LogP) is 0.657. The van der Waals surface area contributed by atoms with Gasteiger partial charge in [-0.05, 0) is 36.6 Å². The van der Waals surface area contributed by atoms with Crippen molar-refractivity contribution in [1.82, 2.24) is 14.9 Å². The van der Waals surface area contributed by atoms with Crippen LogP contribution in [0.3, 0.4) is 0 Å². The lowest BCUT2D eigenvalue weighted by atomic mass is 10.1. The Hall–Kier alpha value is -1.77. The van der Waals surface area contributed by atoms with Crippen LogP contribution in [0.25, 0.3) is 0 Å². The largest absolute Gasteiger partial charge is 0.392 e. The Kier molecular flexibility index (Phi) is 4.17. The number of rotatable bonds is 5. The number of benzene rings is 1. The topological polar surface area (TPSA) is 105 Å². The average Bonchev–Trinajstić information content (AvgIpc) is 2.92. The van der Waals surface area contributed by atoms with E-state index in [0.717, 1.165) is 12.0 Å². The summed E-state index contributed by atoms with van der Waals surface area (Å²) in [5.41, 5.74) is 1.99. The predicted molar refractivity (Wildman–Crippen MR) is 70.2 cm³/mol. The van der Waals surface area contributed by atoms with Crippen LogP contribution in [-0.2, 0) is 23.2 Å². The molecule has 0 radical (unpaired) electrons. The third-order valence-electron chi connectivity index (χ3n) is 2.98. The molecule has 2 rings (SSSR count). The van der Waals surface area contributed by atoms with Gasteiger partial charge in [0.2, 0.25) is 16.4 Å². The van der Waals surface area contributed by atoms with Crippen LogP contribution in [0, 0.1) is 13.8 Å². The molecule has 1 heterocycles. The SMILES string of the molecule is Cc1cc(CO)cc(S(=O)(=O)NCc2ncon2)c1C. The second kappa shape index (κ2) is 5.70. The molecule has 7 nitrogen and oxygen atoms in total. The number of aliphatic hydroxyl groups is 1. The van der Waals surface area contributed by atoms with Gasteiger partial charge in [0.15, 0.2) is 5.82 Å². The first-order chi connectivity index (χ1) is 9.44. The summed E-state index contributed by atoms with van der Waals surface area (Å²) in [7, 11) is -3.70. The van der Waals surface area contributed by atoms with Gasteiger partial charge in [-0.15, -0.1) is 0 Å². The second-order valence-electron chi connectivity index (χ2n) is 4.37. The quantitative estimate of drug-likeness (QED) is 0.839. The van der Waals surface area contributed by atoms with E-state index in [0.29, 0.717) is 11.1 Å². The first-order valence-electron chi connectivity index (χ1n) is 5.90. The lowest BCUT2D eigenvalue weighted by molar-refractivity contribution is 0.281. The van der Waals surface area contributed by atoms with E-state index in [1.165, 1.54) is 6.07 Å². The molecule has 2 N–H and O–H groups in total. The van der Waals surface area contributed by atoms with Gasteiger partial charge in [-0.25, -0.2) is 13.1 Å². The third kappa shape index (κ3) is 3.03. The van der Waals surface area contributed by atoms with Crippen molar-refractivity contribution in [3.05, 3.63) is 41.0 Å². The molecule has 1 aromatic carbocycles. The van der Waals surface area contributed by atoms with Crippen molar-refractivity contribution in [2.24, 2.45) is 0 Å². The van der Waals surface area contributed by atoms with Gasteiger partial charge in [0.1, 0.15) is 0 Å². The zero-order valence-electron chi connectivity index (χ0n) is 11.1. The number of nitrogens with one attached hydrogen (secondary N) is 1. The summed E-state index contributed by atoms with van der Waals surface area (Å²) >= 11 is 0. The van der Waals surface area contributed by atoms with Gasteiger partial charge in [0.25, 0.3) is 0 Å². The second-order valence-corrected chi connectivity index (χ2v) is 6.10. The van der Waals surface area contributed by atoms with Crippen LogP contribution in [0.5, 0.6) is 0 Å². The first-order valence-corrected chi connectivity index (χ1v) is 7.38. The number of hydrogen-bond acceptors (Lipinski definition) is 6. The summed E-state index contributed by atoms with van der Waals surface area (Å²) in [6.45, 7) is 3.25. The van der Waals surface area contributed by atoms with E-state index in [1.807, 2.05) is 0 Å². The van der Waals surface area contributed by atoms with Crippen molar-refractivity contribution in [3.8, 4) is 0 Å². The van der Waals surface area contributed by atoms with Gasteiger partial charge in [-0.2, -0.15) is 4.98 Å². The monoisotopic (exact) mass is 297 g/mol. The molecule has 1 aromatic heterocycles. The van der Waals surface area contributed by atoms with E-state index < -0.39 is 10.0 Å². The molecule has 0 bridgehead atoms. The van der Waals surface area contributed by atoms with E-state index in [4.69, 9.17) is 0 Å². The number of aryl methyl sites for hydroxylation is 1. The molecular formula is C12H15N3O4S. The van der Waals surface area contributed by atoms with Crippen molar-refractivity contribution in [2.75, 3.05) is 0 Å². The Bertz CT molecular complexity index is 696. The van der Waals surface area contributed by atoms with Crippen molar-refractivity contribution >= 4 is 10.0 Å². The van der Waals surface area contributed by atoms with E-state index in [-0.39, 0.29) is 23.9 Å². The van der Waals surface area contributed by atoms with Gasteiger partial charge >= 0.3 is 0 Å². The van der Waals surface area contributed by atoms with Crippen LogP contribution in [0.4, 0.5) is 0 Å². The first kappa shape index (κ1) is 14.6. The number of nitrogens with zero attached hydrogens (tertiary/aromatic N) is 2. The van der Waals surface area contributed by atoms with E-state index in [2.05, 4.69) is 19.4 Å². The zero-order valence-corrected chi connectivity index (χ0v) is 11.9. The van der Waals surface area contributed by atoms with Crippen LogP contribution < -0.4 is 4.72 Å². The summed E-state index contributed by atoms with van der Waals surface area (Å²) < 4.78 is 31.5. The van der Waals surface area contributed by atoms with Crippen LogP contribution in [0.15, 0.2) is 27.9 Å². The van der Waals surface area contributed by atoms with E-state index in [1.54, 1.807) is 19.9 Å². The van der Waals surface area contributed by atoms with Gasteiger partial charge in [-0.1, -0.05) is 11.2 Å². The van der Waals surface area contributed by atoms with Crippen LogP contribution in [-0.4, -0.2) is 23.7 Å². The summed E-state index contributed by atoms with van der Waals surface area (Å²) in [5, 5.41) is 12.7. The Labute approximate surface area is 116 Å². The molecular weight excluding hydrogens is 282 g/mol. The minimum atomic E-state index is -3.70. The average molecular weight is 297 g/mol.